The van der Waals surface area contributed by atoms with Crippen LogP contribution in [0.1, 0.15) is 5.56 Å². The maximum atomic E-state index is 5.96. The zero-order valence-electron chi connectivity index (χ0n) is 15.9. The molecule has 0 atom stereocenters. The third kappa shape index (κ3) is 3.91. The summed E-state index contributed by atoms with van der Waals surface area (Å²) in [5.74, 6) is 2.51. The van der Waals surface area contributed by atoms with Crippen molar-refractivity contribution in [3.05, 3.63) is 42.2 Å². The van der Waals surface area contributed by atoms with Gasteiger partial charge in [0.1, 0.15) is 30.3 Å². The molecule has 1 aromatic carbocycles. The Morgan fingerprint density at radius 1 is 1.11 bits per heavy atom. The van der Waals surface area contributed by atoms with Crippen molar-refractivity contribution >= 4 is 22.5 Å². The van der Waals surface area contributed by atoms with E-state index in [4.69, 9.17) is 15.2 Å². The predicted molar refractivity (Wildman–Crippen MR) is 109 cm³/mol. The Kier molecular flexibility index (Phi) is 5.38. The van der Waals surface area contributed by atoms with E-state index in [-0.39, 0.29) is 0 Å². The highest BCUT2D eigenvalue weighted by Crippen LogP contribution is 2.27. The van der Waals surface area contributed by atoms with Gasteiger partial charge in [-0.25, -0.2) is 15.0 Å². The molecule has 8 nitrogen and oxygen atoms in total. The highest BCUT2D eigenvalue weighted by molar-refractivity contribution is 5.86. The number of nitrogen functional groups attached to an aromatic ring is 1. The van der Waals surface area contributed by atoms with Crippen molar-refractivity contribution in [2.75, 3.05) is 50.0 Å². The van der Waals surface area contributed by atoms with Gasteiger partial charge >= 0.3 is 0 Å². The first-order valence-corrected chi connectivity index (χ1v) is 9.40. The van der Waals surface area contributed by atoms with Crippen LogP contribution in [0.25, 0.3) is 10.9 Å². The first kappa shape index (κ1) is 18.2. The number of para-hydroxylation sites is 1. The van der Waals surface area contributed by atoms with Gasteiger partial charge in [-0.05, 0) is 24.6 Å². The fraction of sp³-hybridized carbons (Fsp3) is 0.350. The summed E-state index contributed by atoms with van der Waals surface area (Å²) in [5, 5.41) is 4.33. The minimum absolute atomic E-state index is 0.357. The SMILES string of the molecule is Cc1cc2cccc(OCCOc3nccnc3N3CCNCC3)c2nc1N. The number of benzene rings is 1. The zero-order chi connectivity index (χ0) is 19.3. The Morgan fingerprint density at radius 3 is 2.75 bits per heavy atom. The Balaban J connectivity index is 1.40. The standard InChI is InChI=1S/C20H24N6O2/c1-14-13-15-3-2-4-16(17(15)25-18(14)21)27-11-12-28-20-19(23-5-6-24-20)26-9-7-22-8-10-26/h2-6,13,22H,7-12H2,1H3,(H2,21,25). The number of hydrogen-bond acceptors (Lipinski definition) is 8. The number of aromatic nitrogens is 3. The molecule has 28 heavy (non-hydrogen) atoms. The van der Waals surface area contributed by atoms with Gasteiger partial charge in [-0.15, -0.1) is 0 Å². The lowest BCUT2D eigenvalue weighted by Crippen LogP contribution is -2.44. The van der Waals surface area contributed by atoms with E-state index in [9.17, 15) is 0 Å². The summed E-state index contributed by atoms with van der Waals surface area (Å²) in [6, 6.07) is 7.84. The van der Waals surface area contributed by atoms with Gasteiger partial charge in [-0.1, -0.05) is 12.1 Å². The van der Waals surface area contributed by atoms with Gasteiger partial charge in [-0.2, -0.15) is 0 Å². The Hall–Kier alpha value is -3.13. The molecule has 0 saturated carbocycles. The minimum atomic E-state index is 0.357. The number of hydrogen-bond donors (Lipinski definition) is 2. The lowest BCUT2D eigenvalue weighted by molar-refractivity contribution is 0.213. The fourth-order valence-corrected chi connectivity index (χ4v) is 3.21. The molecule has 0 aliphatic carbocycles. The fourth-order valence-electron chi connectivity index (χ4n) is 3.21. The van der Waals surface area contributed by atoms with E-state index >= 15 is 0 Å². The van der Waals surface area contributed by atoms with Gasteiger partial charge in [0.15, 0.2) is 5.82 Å². The summed E-state index contributed by atoms with van der Waals surface area (Å²) < 4.78 is 11.8. The monoisotopic (exact) mass is 380 g/mol. The average Bonchev–Trinajstić information content (AvgIpc) is 2.73. The van der Waals surface area contributed by atoms with Crippen molar-refractivity contribution < 1.29 is 9.47 Å². The van der Waals surface area contributed by atoms with E-state index in [2.05, 4.69) is 25.2 Å². The first-order chi connectivity index (χ1) is 13.7. The molecular formula is C20H24N6O2. The maximum absolute atomic E-state index is 5.96. The van der Waals surface area contributed by atoms with Crippen molar-refractivity contribution in [3.63, 3.8) is 0 Å². The Labute approximate surface area is 163 Å². The van der Waals surface area contributed by atoms with E-state index in [0.29, 0.717) is 30.7 Å². The van der Waals surface area contributed by atoms with Crippen molar-refractivity contribution in [1.82, 2.24) is 20.3 Å². The summed E-state index contributed by atoms with van der Waals surface area (Å²) in [5.41, 5.74) is 7.67. The number of nitrogens with zero attached hydrogens (tertiary/aromatic N) is 4. The predicted octanol–water partition coefficient (Wildman–Crippen LogP) is 1.78. The number of nitrogens with one attached hydrogen (secondary N) is 1. The molecule has 0 spiro atoms. The largest absolute Gasteiger partial charge is 0.488 e. The molecule has 8 heteroatoms. The molecule has 0 radical (unpaired) electrons. The number of aryl methyl sites for hydroxylation is 1. The van der Waals surface area contributed by atoms with Gasteiger partial charge in [0.05, 0.1) is 0 Å². The van der Waals surface area contributed by atoms with Crippen molar-refractivity contribution in [3.8, 4) is 11.6 Å². The normalized spacial score (nSPS) is 14.2. The van der Waals surface area contributed by atoms with Crippen LogP contribution in [-0.4, -0.2) is 54.3 Å². The van der Waals surface area contributed by atoms with Crippen molar-refractivity contribution in [2.24, 2.45) is 0 Å². The molecule has 0 amide bonds. The second kappa shape index (κ2) is 8.26. The Bertz CT molecular complexity index is 959. The Morgan fingerprint density at radius 2 is 1.89 bits per heavy atom. The third-order valence-electron chi connectivity index (χ3n) is 4.68. The second-order valence-corrected chi connectivity index (χ2v) is 6.64. The number of fused-ring (bicyclic) bond motifs is 1. The number of piperazine rings is 1. The number of rotatable bonds is 6. The average molecular weight is 380 g/mol. The van der Waals surface area contributed by atoms with Gasteiger partial charge in [-0.3, -0.25) is 0 Å². The maximum Gasteiger partial charge on any atom is 0.257 e. The summed E-state index contributed by atoms with van der Waals surface area (Å²) in [7, 11) is 0. The van der Waals surface area contributed by atoms with Gasteiger partial charge in [0, 0.05) is 44.0 Å². The number of pyridine rings is 1. The van der Waals surface area contributed by atoms with Crippen LogP contribution in [0.2, 0.25) is 0 Å². The van der Waals surface area contributed by atoms with E-state index in [1.807, 2.05) is 31.2 Å². The number of ether oxygens (including phenoxy) is 2. The summed E-state index contributed by atoms with van der Waals surface area (Å²) in [4.78, 5) is 15.4. The summed E-state index contributed by atoms with van der Waals surface area (Å²) in [6.07, 6.45) is 3.33. The van der Waals surface area contributed by atoms with Crippen LogP contribution < -0.4 is 25.4 Å². The molecule has 1 saturated heterocycles. The summed E-state index contributed by atoms with van der Waals surface area (Å²) in [6.45, 7) is 6.29. The van der Waals surface area contributed by atoms with E-state index in [1.54, 1.807) is 12.4 Å². The first-order valence-electron chi connectivity index (χ1n) is 9.40. The highest BCUT2D eigenvalue weighted by Gasteiger charge is 2.17. The lowest BCUT2D eigenvalue weighted by Gasteiger charge is -2.28. The molecule has 1 aliphatic rings. The van der Waals surface area contributed by atoms with Crippen molar-refractivity contribution in [2.45, 2.75) is 6.92 Å². The summed E-state index contributed by atoms with van der Waals surface area (Å²) >= 11 is 0. The minimum Gasteiger partial charge on any atom is -0.488 e. The van der Waals surface area contributed by atoms with E-state index in [1.165, 1.54) is 0 Å². The van der Waals surface area contributed by atoms with Crippen LogP contribution in [0, 0.1) is 6.92 Å². The van der Waals surface area contributed by atoms with Gasteiger partial charge in [0.2, 0.25) is 0 Å². The number of nitrogens with two attached hydrogens (primary N) is 1. The highest BCUT2D eigenvalue weighted by atomic mass is 16.5. The molecular weight excluding hydrogens is 356 g/mol. The molecule has 1 aliphatic heterocycles. The molecule has 3 heterocycles. The van der Waals surface area contributed by atoms with Crippen LogP contribution >= 0.6 is 0 Å². The van der Waals surface area contributed by atoms with E-state index in [0.717, 1.165) is 48.5 Å². The molecule has 3 N–H and O–H groups in total. The molecule has 1 fully saturated rings. The topological polar surface area (TPSA) is 98.4 Å². The number of anilines is 2. The van der Waals surface area contributed by atoms with Crippen LogP contribution in [-0.2, 0) is 0 Å². The molecule has 0 unspecified atom stereocenters. The molecule has 2 aromatic heterocycles. The zero-order valence-corrected chi connectivity index (χ0v) is 15.9. The van der Waals surface area contributed by atoms with Crippen LogP contribution in [0.15, 0.2) is 36.7 Å². The second-order valence-electron chi connectivity index (χ2n) is 6.64. The molecule has 146 valence electrons. The van der Waals surface area contributed by atoms with Crippen LogP contribution in [0.5, 0.6) is 11.6 Å². The molecule has 4 rings (SSSR count). The van der Waals surface area contributed by atoms with Crippen LogP contribution in [0.3, 0.4) is 0 Å². The third-order valence-corrected chi connectivity index (χ3v) is 4.68. The molecule has 0 bridgehead atoms. The van der Waals surface area contributed by atoms with E-state index < -0.39 is 0 Å². The van der Waals surface area contributed by atoms with Gasteiger partial charge in [0.25, 0.3) is 5.88 Å². The van der Waals surface area contributed by atoms with Crippen molar-refractivity contribution in [1.29, 1.82) is 0 Å². The smallest absolute Gasteiger partial charge is 0.257 e. The molecule has 3 aromatic rings. The quantitative estimate of drug-likeness (QED) is 0.625. The van der Waals surface area contributed by atoms with Crippen LogP contribution in [0.4, 0.5) is 11.6 Å². The lowest BCUT2D eigenvalue weighted by atomic mass is 10.1. The van der Waals surface area contributed by atoms with Gasteiger partial charge < -0.3 is 25.4 Å².